The number of benzene rings is 3. The number of fused-ring (bicyclic) bond motifs is 3. The molecule has 0 amide bonds. The van der Waals surface area contributed by atoms with E-state index in [0.717, 1.165) is 28.1 Å². The van der Waals surface area contributed by atoms with Crippen molar-refractivity contribution in [2.75, 3.05) is 0 Å². The van der Waals surface area contributed by atoms with Gasteiger partial charge in [-0.1, -0.05) is 79.8 Å². The van der Waals surface area contributed by atoms with E-state index in [9.17, 15) is 4.39 Å². The summed E-state index contributed by atoms with van der Waals surface area (Å²) in [6.07, 6.45) is 5.18. The van der Waals surface area contributed by atoms with Crippen LogP contribution in [0.25, 0.3) is 55.7 Å². The smallest absolute Gasteiger partial charge is 0.219 e. The van der Waals surface area contributed by atoms with Gasteiger partial charge in [-0.2, -0.15) is 0 Å². The minimum absolute atomic E-state index is 0. The summed E-state index contributed by atoms with van der Waals surface area (Å²) in [6, 6.07) is 29.7. The molecule has 49 heavy (non-hydrogen) atoms. The number of aryl methyl sites for hydroxylation is 3. The second kappa shape index (κ2) is 14.7. The van der Waals surface area contributed by atoms with Crippen LogP contribution in [0.1, 0.15) is 43.4 Å². The first-order valence-corrected chi connectivity index (χ1v) is 19.6. The number of nitrogens with zero attached hydrogens (tertiary/aromatic N) is 3. The van der Waals surface area contributed by atoms with E-state index in [2.05, 4.69) is 85.7 Å². The van der Waals surface area contributed by atoms with Crippen LogP contribution in [0.15, 0.2) is 95.8 Å². The zero-order valence-electron chi connectivity index (χ0n) is 30.1. The maximum Gasteiger partial charge on any atom is 0.219 e. The van der Waals surface area contributed by atoms with Crippen molar-refractivity contribution < 1.29 is 30.3 Å². The van der Waals surface area contributed by atoms with E-state index in [-0.39, 0.29) is 31.6 Å². The number of pyridine rings is 3. The molecule has 4 nitrogen and oxygen atoms in total. The van der Waals surface area contributed by atoms with Gasteiger partial charge in [-0.25, -0.2) is 9.37 Å². The standard InChI is InChI=1S/C25H18FN2O.C17H22NSi.Ir/c1-14-11-15(2)22(16(3)12-14)17-7-9-27-21(13-17)18-5-4-6-19-23-20(26)8-10-28-25(23)29-24(18)19;1-13(2)15-11-16(14-9-7-6-8-10-14)18-12-17(15)19(3,4)5;/h4,6-13H,1-3H3;6-9,11-13H,1-5H3;/q2*-1;/i;13D;. The summed E-state index contributed by atoms with van der Waals surface area (Å²) in [7, 11) is -1.50. The number of hydrogen-bond acceptors (Lipinski definition) is 4. The molecule has 1 radical (unpaired) electrons. The first kappa shape index (κ1) is 34.6. The van der Waals surface area contributed by atoms with Gasteiger partial charge in [0, 0.05) is 40.1 Å². The second-order valence-corrected chi connectivity index (χ2v) is 18.6. The zero-order valence-corrected chi connectivity index (χ0v) is 32.5. The van der Waals surface area contributed by atoms with Crippen LogP contribution in [0.3, 0.4) is 0 Å². The zero-order chi connectivity index (χ0) is 35.1. The molecule has 3 aromatic carbocycles. The van der Waals surface area contributed by atoms with Gasteiger partial charge in [0.2, 0.25) is 5.71 Å². The monoisotopic (exact) mass is 843 g/mol. The van der Waals surface area contributed by atoms with E-state index in [1.165, 1.54) is 39.7 Å². The van der Waals surface area contributed by atoms with Crippen LogP contribution in [-0.4, -0.2) is 23.0 Å². The van der Waals surface area contributed by atoms with Gasteiger partial charge in [0.25, 0.3) is 0 Å². The van der Waals surface area contributed by atoms with Gasteiger partial charge in [0.15, 0.2) is 0 Å². The van der Waals surface area contributed by atoms with Crippen molar-refractivity contribution in [3.63, 3.8) is 0 Å². The average Bonchev–Trinajstić information content (AvgIpc) is 3.44. The molecular formula is C42H40FIrN3OSi-2. The molecule has 0 fully saturated rings. The number of furan rings is 1. The van der Waals surface area contributed by atoms with Gasteiger partial charge in [-0.05, 0) is 77.6 Å². The summed E-state index contributed by atoms with van der Waals surface area (Å²) in [5.74, 6) is -0.958. The molecule has 0 N–H and O–H groups in total. The van der Waals surface area contributed by atoms with Crippen molar-refractivity contribution in [2.45, 2.75) is 60.2 Å². The molecule has 0 aliphatic carbocycles. The van der Waals surface area contributed by atoms with Gasteiger partial charge in [0.05, 0.1) is 19.0 Å². The molecular weight excluding hydrogens is 802 g/mol. The number of aromatic nitrogens is 3. The van der Waals surface area contributed by atoms with Crippen molar-refractivity contribution in [3.05, 3.63) is 132 Å². The van der Waals surface area contributed by atoms with Crippen LogP contribution in [0.5, 0.6) is 0 Å². The minimum Gasteiger partial charge on any atom is -0.486 e. The third kappa shape index (κ3) is 7.50. The largest absolute Gasteiger partial charge is 0.486 e. The Morgan fingerprint density at radius 3 is 2.24 bits per heavy atom. The summed E-state index contributed by atoms with van der Waals surface area (Å²) in [4.78, 5) is 13.3. The fourth-order valence-electron chi connectivity index (χ4n) is 6.34. The van der Waals surface area contributed by atoms with Crippen LogP contribution in [0.4, 0.5) is 4.39 Å². The Hall–Kier alpha value is -4.29. The fourth-order valence-corrected chi connectivity index (χ4v) is 7.92. The summed E-state index contributed by atoms with van der Waals surface area (Å²) in [5.41, 5.74) is 11.2. The maximum atomic E-state index is 14.4. The Bertz CT molecular complexity index is 2290. The van der Waals surface area contributed by atoms with E-state index in [1.54, 1.807) is 18.3 Å². The van der Waals surface area contributed by atoms with Crippen LogP contribution in [0, 0.1) is 38.7 Å². The molecule has 7 aromatic rings. The second-order valence-electron chi connectivity index (χ2n) is 13.5. The van der Waals surface area contributed by atoms with Crippen LogP contribution >= 0.6 is 0 Å². The Kier molecular flexibility index (Phi) is 10.4. The molecule has 7 heteroatoms. The van der Waals surface area contributed by atoms with Crippen LogP contribution < -0.4 is 5.19 Å². The summed E-state index contributed by atoms with van der Waals surface area (Å²) >= 11 is 0. The van der Waals surface area contributed by atoms with Crippen molar-refractivity contribution in [2.24, 2.45) is 0 Å². The Morgan fingerprint density at radius 2 is 1.57 bits per heavy atom. The van der Waals surface area contributed by atoms with Crippen molar-refractivity contribution >= 4 is 35.3 Å². The van der Waals surface area contributed by atoms with E-state index < -0.39 is 14.0 Å². The Labute approximate surface area is 304 Å². The maximum absolute atomic E-state index is 14.4. The predicted octanol–water partition coefficient (Wildman–Crippen LogP) is 10.8. The molecule has 0 spiro atoms. The molecule has 0 unspecified atom stereocenters. The van der Waals surface area contributed by atoms with Gasteiger partial charge in [-0.15, -0.1) is 54.1 Å². The average molecular weight is 843 g/mol. The third-order valence-corrected chi connectivity index (χ3v) is 10.5. The Balaban J connectivity index is 0.000000204. The summed E-state index contributed by atoms with van der Waals surface area (Å²) in [6.45, 7) is 17.1. The van der Waals surface area contributed by atoms with Gasteiger partial charge < -0.3 is 14.4 Å². The van der Waals surface area contributed by atoms with Crippen molar-refractivity contribution in [1.82, 2.24) is 15.0 Å². The third-order valence-electron chi connectivity index (χ3n) is 8.50. The van der Waals surface area contributed by atoms with E-state index >= 15 is 0 Å². The van der Waals surface area contributed by atoms with E-state index in [1.807, 2.05) is 56.4 Å². The number of halogens is 1. The SMILES string of the molecule is Cc1cc(C)c(-c2ccnc(-c3[c-]ccc4c3oc3nccc(F)c34)c2)c(C)c1.[2H]C(C)(C)c1cc(-c2[c-]cccc2)ncc1[Si](C)(C)C.[Ir]. The molecule has 0 aliphatic rings. The van der Waals surface area contributed by atoms with Gasteiger partial charge >= 0.3 is 0 Å². The quantitative estimate of drug-likeness (QED) is 0.128. The topological polar surface area (TPSA) is 51.8 Å². The molecule has 0 saturated carbocycles. The van der Waals surface area contributed by atoms with Gasteiger partial charge in [0.1, 0.15) is 5.82 Å². The summed E-state index contributed by atoms with van der Waals surface area (Å²) in [5, 5.41) is 2.34. The van der Waals surface area contributed by atoms with Crippen molar-refractivity contribution in [3.8, 4) is 33.6 Å². The molecule has 0 saturated heterocycles. The van der Waals surface area contributed by atoms with Crippen LogP contribution in [0.2, 0.25) is 19.6 Å². The van der Waals surface area contributed by atoms with E-state index in [4.69, 9.17) is 5.79 Å². The van der Waals surface area contributed by atoms with Gasteiger partial charge in [-0.3, -0.25) is 0 Å². The van der Waals surface area contributed by atoms with E-state index in [0.29, 0.717) is 21.9 Å². The minimum atomic E-state index is -1.50. The molecule has 251 valence electrons. The first-order chi connectivity index (χ1) is 23.2. The molecule has 0 aliphatic heterocycles. The normalized spacial score (nSPS) is 11.9. The number of rotatable bonds is 5. The fraction of sp³-hybridized carbons (Fsp3) is 0.214. The molecule has 7 rings (SSSR count). The Morgan fingerprint density at radius 1 is 0.837 bits per heavy atom. The summed E-state index contributed by atoms with van der Waals surface area (Å²) < 4.78 is 28.7. The van der Waals surface area contributed by atoms with Crippen molar-refractivity contribution in [1.29, 1.82) is 0 Å². The first-order valence-electron chi connectivity index (χ1n) is 16.6. The molecule has 0 atom stereocenters. The molecule has 0 bridgehead atoms. The molecule has 4 aromatic heterocycles. The van der Waals surface area contributed by atoms with Crippen LogP contribution in [-0.2, 0) is 20.1 Å². The molecule has 4 heterocycles. The predicted molar refractivity (Wildman–Crippen MR) is 199 cm³/mol. The number of hydrogen-bond donors (Lipinski definition) is 0.